The molecule has 0 fully saturated rings. The Morgan fingerprint density at radius 3 is 2.67 bits per heavy atom. The number of rotatable bonds is 4. The molecule has 0 saturated heterocycles. The number of carbonyl (C=O) groups excluding carboxylic acids is 1. The summed E-state index contributed by atoms with van der Waals surface area (Å²) in [7, 11) is 0. The fourth-order valence-electron chi connectivity index (χ4n) is 1.70. The molecule has 0 N–H and O–H groups in total. The molecule has 3 nitrogen and oxygen atoms in total. The summed E-state index contributed by atoms with van der Waals surface area (Å²) >= 11 is 0. The molecule has 0 bridgehead atoms. The summed E-state index contributed by atoms with van der Waals surface area (Å²) in [4.78, 5) is 11.4. The number of hydrogen-bond acceptors (Lipinski definition) is 3. The van der Waals surface area contributed by atoms with Gasteiger partial charge in [-0.1, -0.05) is 6.07 Å². The largest absolute Gasteiger partial charge is 0.466 e. The number of nitriles is 1. The second-order valence-electron chi connectivity index (χ2n) is 3.70. The van der Waals surface area contributed by atoms with Crippen LogP contribution in [0.4, 0.5) is 8.78 Å². The van der Waals surface area contributed by atoms with Gasteiger partial charge < -0.3 is 4.74 Å². The molecule has 5 heteroatoms. The van der Waals surface area contributed by atoms with Gasteiger partial charge in [0.25, 0.3) is 6.43 Å². The van der Waals surface area contributed by atoms with Gasteiger partial charge in [0.2, 0.25) is 0 Å². The summed E-state index contributed by atoms with van der Waals surface area (Å²) in [6.07, 6.45) is -2.79. The van der Waals surface area contributed by atoms with E-state index in [0.29, 0.717) is 5.56 Å². The lowest BCUT2D eigenvalue weighted by atomic mass is 9.95. The molecule has 0 heterocycles. The lowest BCUT2D eigenvalue weighted by molar-refractivity contribution is -0.142. The van der Waals surface area contributed by atoms with Gasteiger partial charge in [0, 0.05) is 5.56 Å². The molecule has 1 rings (SSSR count). The van der Waals surface area contributed by atoms with E-state index < -0.39 is 12.4 Å². The van der Waals surface area contributed by atoms with Crippen molar-refractivity contribution in [2.45, 2.75) is 26.7 Å². The van der Waals surface area contributed by atoms with Crippen molar-refractivity contribution in [1.82, 2.24) is 0 Å². The predicted octanol–water partition coefficient (Wildman–Crippen LogP) is 2.91. The van der Waals surface area contributed by atoms with Crippen molar-refractivity contribution in [1.29, 1.82) is 5.26 Å². The molecular weight excluding hydrogens is 240 g/mol. The zero-order valence-electron chi connectivity index (χ0n) is 10.2. The average molecular weight is 253 g/mol. The molecule has 0 aliphatic rings. The molecule has 0 radical (unpaired) electrons. The van der Waals surface area contributed by atoms with E-state index >= 15 is 0 Å². The molecule has 0 aliphatic carbocycles. The number of alkyl halides is 2. The summed E-state index contributed by atoms with van der Waals surface area (Å²) < 4.78 is 30.2. The molecule has 1 aromatic carbocycles. The van der Waals surface area contributed by atoms with Crippen molar-refractivity contribution in [3.05, 3.63) is 34.4 Å². The Labute approximate surface area is 104 Å². The third-order valence-electron chi connectivity index (χ3n) is 2.62. The monoisotopic (exact) mass is 253 g/mol. The number of esters is 1. The lowest BCUT2D eigenvalue weighted by Gasteiger charge is -2.12. The quantitative estimate of drug-likeness (QED) is 0.775. The van der Waals surface area contributed by atoms with E-state index in [0.717, 1.165) is 0 Å². The maximum atomic E-state index is 12.7. The van der Waals surface area contributed by atoms with Crippen LogP contribution in [-0.4, -0.2) is 12.6 Å². The summed E-state index contributed by atoms with van der Waals surface area (Å²) in [5.41, 5.74) is 0.657. The lowest BCUT2D eigenvalue weighted by Crippen LogP contribution is -2.11. The van der Waals surface area contributed by atoms with Crippen LogP contribution in [-0.2, 0) is 16.0 Å². The van der Waals surface area contributed by atoms with E-state index in [2.05, 4.69) is 0 Å². The van der Waals surface area contributed by atoms with Gasteiger partial charge in [-0.2, -0.15) is 5.26 Å². The van der Waals surface area contributed by atoms with Gasteiger partial charge in [0.05, 0.1) is 24.7 Å². The van der Waals surface area contributed by atoms with Gasteiger partial charge in [0.1, 0.15) is 0 Å². The molecule has 0 amide bonds. The highest BCUT2D eigenvalue weighted by Gasteiger charge is 2.18. The zero-order valence-corrected chi connectivity index (χ0v) is 10.2. The number of hydrogen-bond donors (Lipinski definition) is 0. The highest BCUT2D eigenvalue weighted by atomic mass is 19.3. The Kier molecular flexibility index (Phi) is 4.78. The number of benzene rings is 1. The van der Waals surface area contributed by atoms with Gasteiger partial charge in [-0.3, -0.25) is 4.79 Å². The SMILES string of the molecule is CCOC(=O)Cc1c(C#N)ccc(C(F)F)c1C. The van der Waals surface area contributed by atoms with Crippen LogP contribution in [0.1, 0.15) is 35.6 Å². The van der Waals surface area contributed by atoms with E-state index in [9.17, 15) is 13.6 Å². The summed E-state index contributed by atoms with van der Waals surface area (Å²) in [5, 5.41) is 8.93. The second kappa shape index (κ2) is 6.10. The average Bonchev–Trinajstić information content (AvgIpc) is 2.31. The Bertz CT molecular complexity index is 492. The summed E-state index contributed by atoms with van der Waals surface area (Å²) in [6, 6.07) is 4.42. The van der Waals surface area contributed by atoms with Crippen LogP contribution in [0.25, 0.3) is 0 Å². The van der Waals surface area contributed by atoms with Gasteiger partial charge in [-0.15, -0.1) is 0 Å². The molecule has 0 unspecified atom stereocenters. The molecule has 0 aliphatic heterocycles. The summed E-state index contributed by atoms with van der Waals surface area (Å²) in [5.74, 6) is -0.525. The van der Waals surface area contributed by atoms with Crippen molar-refractivity contribution < 1.29 is 18.3 Å². The minimum atomic E-state index is -2.63. The van der Waals surface area contributed by atoms with Crippen LogP contribution in [0, 0.1) is 18.3 Å². The standard InChI is InChI=1S/C13H13F2NO2/c1-3-18-12(17)6-11-8(2)10(13(14)15)5-4-9(11)7-16/h4-5,13H,3,6H2,1-2H3. The molecule has 0 saturated carbocycles. The normalized spacial score (nSPS) is 10.2. The summed E-state index contributed by atoms with van der Waals surface area (Å²) in [6.45, 7) is 3.36. The number of halogens is 2. The van der Waals surface area contributed by atoms with Crippen LogP contribution in [0.3, 0.4) is 0 Å². The molecule has 0 atom stereocenters. The van der Waals surface area contributed by atoms with Crippen LogP contribution in [0.5, 0.6) is 0 Å². The first-order valence-corrected chi connectivity index (χ1v) is 5.47. The predicted molar refractivity (Wildman–Crippen MR) is 61.2 cm³/mol. The number of carbonyl (C=O) groups is 1. The zero-order chi connectivity index (χ0) is 13.7. The minimum Gasteiger partial charge on any atom is -0.466 e. The third-order valence-corrected chi connectivity index (χ3v) is 2.62. The first-order chi connectivity index (χ1) is 8.51. The Morgan fingerprint density at radius 1 is 1.50 bits per heavy atom. The highest BCUT2D eigenvalue weighted by molar-refractivity contribution is 5.74. The third kappa shape index (κ3) is 3.04. The molecular formula is C13H13F2NO2. The van der Waals surface area contributed by atoms with Crippen molar-refractivity contribution in [2.24, 2.45) is 0 Å². The van der Waals surface area contributed by atoms with Crippen LogP contribution < -0.4 is 0 Å². The van der Waals surface area contributed by atoms with Crippen molar-refractivity contribution in [3.63, 3.8) is 0 Å². The molecule has 96 valence electrons. The fourth-order valence-corrected chi connectivity index (χ4v) is 1.70. The highest BCUT2D eigenvalue weighted by Crippen LogP contribution is 2.27. The van der Waals surface area contributed by atoms with E-state index in [1.54, 1.807) is 6.92 Å². The Hall–Kier alpha value is -1.96. The number of nitrogens with zero attached hydrogens (tertiary/aromatic N) is 1. The molecule has 18 heavy (non-hydrogen) atoms. The van der Waals surface area contributed by atoms with Gasteiger partial charge in [-0.05, 0) is 31.0 Å². The smallest absolute Gasteiger partial charge is 0.310 e. The van der Waals surface area contributed by atoms with Gasteiger partial charge >= 0.3 is 5.97 Å². The second-order valence-corrected chi connectivity index (χ2v) is 3.70. The van der Waals surface area contributed by atoms with Crippen LogP contribution >= 0.6 is 0 Å². The maximum absolute atomic E-state index is 12.7. The Balaban J connectivity index is 3.18. The maximum Gasteiger partial charge on any atom is 0.310 e. The van der Waals surface area contributed by atoms with Gasteiger partial charge in [-0.25, -0.2) is 8.78 Å². The topological polar surface area (TPSA) is 50.1 Å². The van der Waals surface area contributed by atoms with E-state index in [4.69, 9.17) is 10.00 Å². The first-order valence-electron chi connectivity index (χ1n) is 5.47. The van der Waals surface area contributed by atoms with Crippen molar-refractivity contribution in [3.8, 4) is 6.07 Å². The van der Waals surface area contributed by atoms with E-state index in [1.807, 2.05) is 6.07 Å². The first kappa shape index (κ1) is 14.1. The minimum absolute atomic E-state index is 0.159. The fraction of sp³-hybridized carbons (Fsp3) is 0.385. The van der Waals surface area contributed by atoms with E-state index in [1.165, 1.54) is 19.1 Å². The molecule has 1 aromatic rings. The van der Waals surface area contributed by atoms with E-state index in [-0.39, 0.29) is 29.7 Å². The van der Waals surface area contributed by atoms with Crippen molar-refractivity contribution in [2.75, 3.05) is 6.61 Å². The van der Waals surface area contributed by atoms with Crippen LogP contribution in [0.2, 0.25) is 0 Å². The number of ether oxygens (including phenoxy) is 1. The Morgan fingerprint density at radius 2 is 2.17 bits per heavy atom. The van der Waals surface area contributed by atoms with Gasteiger partial charge in [0.15, 0.2) is 0 Å². The van der Waals surface area contributed by atoms with Crippen LogP contribution in [0.15, 0.2) is 12.1 Å². The van der Waals surface area contributed by atoms with Crippen molar-refractivity contribution >= 4 is 5.97 Å². The molecule has 0 spiro atoms. The molecule has 0 aromatic heterocycles.